The van der Waals surface area contributed by atoms with Crippen LogP contribution in [0.25, 0.3) is 0 Å². The van der Waals surface area contributed by atoms with Gasteiger partial charge in [0.15, 0.2) is 0 Å². The predicted octanol–water partition coefficient (Wildman–Crippen LogP) is 1.58. The molecule has 1 aromatic carbocycles. The third-order valence-electron chi connectivity index (χ3n) is 1.49. The van der Waals surface area contributed by atoms with Crippen LogP contribution in [-0.4, -0.2) is 12.6 Å². The fourth-order valence-corrected chi connectivity index (χ4v) is 0.906. The van der Waals surface area contributed by atoms with E-state index >= 15 is 0 Å². The summed E-state index contributed by atoms with van der Waals surface area (Å²) in [5.41, 5.74) is 5.51. The zero-order chi connectivity index (χ0) is 9.84. The van der Waals surface area contributed by atoms with Crippen LogP contribution in [0.4, 0.5) is 10.1 Å². The van der Waals surface area contributed by atoms with Crippen molar-refractivity contribution in [2.24, 2.45) is 0 Å². The molecule has 0 aromatic heterocycles. The molecular formula is C9H10FNO2. The standard InChI is InChI=1S/C9H10FNO2/c1-2-13-9(12)7-4-3-6(11)5-8(7)10/h3-5H,2,11H2,1H3/i11-12. The minimum absolute atomic E-state index is 0.0870. The number of carbonyl (C=O) groups is 1. The van der Waals surface area contributed by atoms with Gasteiger partial charge in [-0.3, -0.25) is 0 Å². The first-order chi connectivity index (χ1) is 6.15. The molecule has 1 rings (SSSR count). The van der Waals surface area contributed by atoms with E-state index in [-0.39, 0.29) is 17.9 Å². The fourth-order valence-electron chi connectivity index (χ4n) is 0.906. The molecule has 0 aliphatic carbocycles. The second kappa shape index (κ2) is 3.89. The number of anilines is 1. The predicted molar refractivity (Wildman–Crippen MR) is 46.8 cm³/mol. The van der Waals surface area contributed by atoms with Gasteiger partial charge in [0, 0.05) is 5.69 Å². The van der Waals surface area contributed by atoms with E-state index < -0.39 is 11.8 Å². The van der Waals surface area contributed by atoms with Gasteiger partial charge in [0.2, 0.25) is 0 Å². The molecule has 0 spiro atoms. The van der Waals surface area contributed by atoms with E-state index in [1.54, 1.807) is 6.92 Å². The average Bonchev–Trinajstić information content (AvgIpc) is 2.04. The lowest BCUT2D eigenvalue weighted by molar-refractivity contribution is 0.0521. The van der Waals surface area contributed by atoms with Crippen LogP contribution in [0.3, 0.4) is 0 Å². The number of nitrogens with two attached hydrogens (primary N) is 1. The lowest BCUT2D eigenvalue weighted by Gasteiger charge is -2.02. The molecule has 4 heteroatoms. The molecule has 2 N–H and O–H groups in total. The van der Waals surface area contributed by atoms with Crippen molar-refractivity contribution in [2.75, 3.05) is 12.3 Å². The Hall–Kier alpha value is -1.58. The summed E-state index contributed by atoms with van der Waals surface area (Å²) in [6.07, 6.45) is 0. The van der Waals surface area contributed by atoms with Gasteiger partial charge in [0.25, 0.3) is 0 Å². The first kappa shape index (κ1) is 9.51. The van der Waals surface area contributed by atoms with Gasteiger partial charge in [-0.15, -0.1) is 0 Å². The zero-order valence-electron chi connectivity index (χ0n) is 7.21. The number of hydrogen-bond acceptors (Lipinski definition) is 3. The van der Waals surface area contributed by atoms with Crippen molar-refractivity contribution in [3.63, 3.8) is 0 Å². The van der Waals surface area contributed by atoms with Crippen molar-refractivity contribution in [3.05, 3.63) is 29.6 Å². The van der Waals surface area contributed by atoms with E-state index in [0.717, 1.165) is 6.07 Å². The van der Waals surface area contributed by atoms with Crippen LogP contribution in [0.15, 0.2) is 18.2 Å². The summed E-state index contributed by atoms with van der Waals surface area (Å²) in [5.74, 6) is -1.32. The highest BCUT2D eigenvalue weighted by Crippen LogP contribution is 2.12. The van der Waals surface area contributed by atoms with E-state index in [1.807, 2.05) is 0 Å². The molecule has 0 fully saturated rings. The Morgan fingerprint density at radius 2 is 2.31 bits per heavy atom. The topological polar surface area (TPSA) is 52.3 Å². The van der Waals surface area contributed by atoms with Crippen molar-refractivity contribution >= 4 is 11.7 Å². The van der Waals surface area contributed by atoms with Crippen molar-refractivity contribution in [1.82, 2.24) is 0 Å². The number of hydrogen-bond donors (Lipinski definition) is 1. The summed E-state index contributed by atoms with van der Waals surface area (Å²) in [6, 6.07) is 3.85. The molecule has 0 aliphatic heterocycles. The molecule has 70 valence electrons. The summed E-state index contributed by atoms with van der Waals surface area (Å²) >= 11 is 0. The van der Waals surface area contributed by atoms with Crippen LogP contribution in [0.1, 0.15) is 17.3 Å². The number of ether oxygens (including phenoxy) is 1. The van der Waals surface area contributed by atoms with Gasteiger partial charge in [-0.05, 0) is 25.1 Å². The Kier molecular flexibility index (Phi) is 2.84. The van der Waals surface area contributed by atoms with Crippen molar-refractivity contribution < 1.29 is 13.9 Å². The lowest BCUT2D eigenvalue weighted by atomic mass is 1.90. The van der Waals surface area contributed by atoms with Crippen molar-refractivity contribution in [3.8, 4) is 0 Å². The second-order valence-corrected chi connectivity index (χ2v) is 2.46. The van der Waals surface area contributed by atoms with Gasteiger partial charge < -0.3 is 10.5 Å². The minimum Gasteiger partial charge on any atom is -0.462 e. The number of carbonyl (C=O) groups excluding carboxylic acids is 1. The highest BCUT2D eigenvalue weighted by atomic mass is 19.1. The van der Waals surface area contributed by atoms with Crippen LogP contribution in [0.5, 0.6) is 0 Å². The Morgan fingerprint density at radius 1 is 1.62 bits per heavy atom. The number of nitrogen functional groups attached to an aromatic ring is 1. The van der Waals surface area contributed by atoms with Crippen LogP contribution in [-0.2, 0) is 4.74 Å². The SMILES string of the molecule is CCOC(=O)c1ccc([2NH2])cc1F. The van der Waals surface area contributed by atoms with Gasteiger partial charge in [-0.25, -0.2) is 9.18 Å². The van der Waals surface area contributed by atoms with Crippen LogP contribution >= 0.6 is 0 Å². The van der Waals surface area contributed by atoms with Gasteiger partial charge in [-0.1, -0.05) is 0 Å². The van der Waals surface area contributed by atoms with E-state index in [1.165, 1.54) is 12.1 Å². The Balaban J connectivity index is 2.95. The normalized spacial score (nSPS) is 9.69. The third-order valence-corrected chi connectivity index (χ3v) is 1.49. The van der Waals surface area contributed by atoms with Gasteiger partial charge in [-0.2, -0.15) is 0 Å². The average molecular weight is 171 g/mol. The van der Waals surface area contributed by atoms with E-state index in [2.05, 4.69) is 4.74 Å². The summed E-state index contributed by atoms with van der Waals surface area (Å²) in [6.45, 7) is 1.88. The van der Waals surface area contributed by atoms with E-state index in [9.17, 15) is 9.18 Å². The van der Waals surface area contributed by atoms with Crippen molar-refractivity contribution in [2.45, 2.75) is 6.92 Å². The fraction of sp³-hybridized carbons (Fsp3) is 0.222. The maximum absolute atomic E-state index is 13.0. The first-order valence-corrected chi connectivity index (χ1v) is 3.87. The molecule has 13 heavy (non-hydrogen) atoms. The van der Waals surface area contributed by atoms with Gasteiger partial charge >= 0.3 is 5.97 Å². The van der Waals surface area contributed by atoms with E-state index in [4.69, 9.17) is 5.73 Å². The molecule has 0 atom stereocenters. The summed E-state index contributed by atoms with van der Waals surface area (Å²) < 4.78 is 17.7. The Morgan fingerprint density at radius 3 is 2.85 bits per heavy atom. The molecule has 0 bridgehead atoms. The largest absolute Gasteiger partial charge is 0.462 e. The second-order valence-electron chi connectivity index (χ2n) is 2.46. The minimum atomic E-state index is -0.667. The highest BCUT2D eigenvalue weighted by molar-refractivity contribution is 5.90. The molecule has 0 amide bonds. The highest BCUT2D eigenvalue weighted by Gasteiger charge is 2.11. The summed E-state index contributed by atoms with van der Waals surface area (Å²) in [4.78, 5) is 11.1. The third kappa shape index (κ3) is 2.18. The molecule has 0 saturated carbocycles. The van der Waals surface area contributed by atoms with Crippen LogP contribution in [0.2, 0.25) is 0 Å². The number of esters is 1. The van der Waals surface area contributed by atoms with Crippen LogP contribution < -0.4 is 5.73 Å². The molecule has 0 heterocycles. The lowest BCUT2D eigenvalue weighted by Crippen LogP contribution is -2.07. The monoisotopic (exact) mass is 171 g/mol. The molecule has 0 radical (unpaired) electrons. The van der Waals surface area contributed by atoms with Gasteiger partial charge in [0.1, 0.15) is 5.82 Å². The molecule has 3 nitrogen and oxygen atoms in total. The maximum atomic E-state index is 13.0. The molecular weight excluding hydrogens is 161 g/mol. The van der Waals surface area contributed by atoms with Crippen LogP contribution in [0, 0.1) is 5.82 Å². The first-order valence-electron chi connectivity index (χ1n) is 3.87. The summed E-state index contributed by atoms with van der Waals surface area (Å²) in [7, 11) is 0. The number of halogens is 1. The molecule has 0 unspecified atom stereocenters. The van der Waals surface area contributed by atoms with Gasteiger partial charge in [0.05, 0.1) is 12.2 Å². The summed E-state index contributed by atoms with van der Waals surface area (Å²) in [5, 5.41) is 0. The zero-order valence-corrected chi connectivity index (χ0v) is 7.21. The smallest absolute Gasteiger partial charge is 0.341 e. The number of rotatable bonds is 2. The quantitative estimate of drug-likeness (QED) is 0.543. The Labute approximate surface area is 75.3 Å². The molecule has 0 aliphatic rings. The Bertz CT molecular complexity index is 325. The molecule has 0 saturated heterocycles. The van der Waals surface area contributed by atoms with E-state index in [0.29, 0.717) is 0 Å². The van der Waals surface area contributed by atoms with Crippen molar-refractivity contribution in [1.29, 1.82) is 0 Å². The number of benzene rings is 1. The maximum Gasteiger partial charge on any atom is 0.341 e. The molecule has 1 aromatic rings.